The number of thiophene rings is 1. The maximum absolute atomic E-state index is 12.4. The van der Waals surface area contributed by atoms with E-state index in [0.717, 1.165) is 16.1 Å². The average Bonchev–Trinajstić information content (AvgIpc) is 3.30. The van der Waals surface area contributed by atoms with E-state index in [1.807, 2.05) is 48.8 Å². The molecule has 0 spiro atoms. The van der Waals surface area contributed by atoms with E-state index in [1.165, 1.54) is 0 Å². The molecule has 0 aliphatic rings. The van der Waals surface area contributed by atoms with Gasteiger partial charge in [-0.05, 0) is 41.6 Å². The van der Waals surface area contributed by atoms with E-state index < -0.39 is 0 Å². The quantitative estimate of drug-likeness (QED) is 0.693. The highest BCUT2D eigenvalue weighted by molar-refractivity contribution is 7.13. The molecular weight excluding hydrogens is 350 g/mol. The standard InChI is InChI=1S/C19H21N3O3S/c1-22-15(18-5-4-10-26-18)12-14(21-22)19(23)20-9-8-13-6-7-16(24-2)17(11-13)25-3/h4-7,10-12H,8-9H2,1-3H3,(H,20,23). The minimum absolute atomic E-state index is 0.177. The number of carbonyl (C=O) groups is 1. The highest BCUT2D eigenvalue weighted by atomic mass is 32.1. The summed E-state index contributed by atoms with van der Waals surface area (Å²) in [5.74, 6) is 1.19. The maximum Gasteiger partial charge on any atom is 0.271 e. The van der Waals surface area contributed by atoms with Crippen molar-refractivity contribution in [3.63, 3.8) is 0 Å². The van der Waals surface area contributed by atoms with Crippen molar-refractivity contribution in [2.75, 3.05) is 20.8 Å². The summed E-state index contributed by atoms with van der Waals surface area (Å²) in [6.45, 7) is 0.513. The molecule has 7 heteroatoms. The van der Waals surface area contributed by atoms with Crippen LogP contribution in [0.1, 0.15) is 16.1 Å². The zero-order chi connectivity index (χ0) is 18.5. The second kappa shape index (κ2) is 8.05. The molecule has 0 aliphatic heterocycles. The first-order valence-electron chi connectivity index (χ1n) is 8.19. The summed E-state index contributed by atoms with van der Waals surface area (Å²) >= 11 is 1.62. The lowest BCUT2D eigenvalue weighted by molar-refractivity contribution is 0.0948. The Hall–Kier alpha value is -2.80. The molecule has 0 atom stereocenters. The number of benzene rings is 1. The van der Waals surface area contributed by atoms with Crippen molar-refractivity contribution in [1.29, 1.82) is 0 Å². The molecule has 1 aromatic carbocycles. The van der Waals surface area contributed by atoms with Crippen molar-refractivity contribution in [1.82, 2.24) is 15.1 Å². The number of aromatic nitrogens is 2. The number of amides is 1. The Morgan fingerprint density at radius 1 is 1.19 bits per heavy atom. The first-order chi connectivity index (χ1) is 12.6. The third-order valence-electron chi connectivity index (χ3n) is 4.03. The van der Waals surface area contributed by atoms with E-state index in [1.54, 1.807) is 30.2 Å². The Bertz CT molecular complexity index is 888. The lowest BCUT2D eigenvalue weighted by Crippen LogP contribution is -2.26. The minimum atomic E-state index is -0.177. The van der Waals surface area contributed by atoms with Crippen molar-refractivity contribution in [2.24, 2.45) is 7.05 Å². The molecule has 26 heavy (non-hydrogen) atoms. The number of hydrogen-bond acceptors (Lipinski definition) is 5. The molecule has 1 amide bonds. The van der Waals surface area contributed by atoms with Crippen LogP contribution in [0.15, 0.2) is 41.8 Å². The number of methoxy groups -OCH3 is 2. The monoisotopic (exact) mass is 371 g/mol. The summed E-state index contributed by atoms with van der Waals surface area (Å²) in [5.41, 5.74) is 2.41. The Labute approximate surface area is 156 Å². The molecule has 3 rings (SSSR count). The topological polar surface area (TPSA) is 65.4 Å². The zero-order valence-corrected chi connectivity index (χ0v) is 15.8. The summed E-state index contributed by atoms with van der Waals surface area (Å²) < 4.78 is 12.3. The lowest BCUT2D eigenvalue weighted by atomic mass is 10.1. The van der Waals surface area contributed by atoms with Crippen LogP contribution < -0.4 is 14.8 Å². The highest BCUT2D eigenvalue weighted by Crippen LogP contribution is 2.27. The predicted octanol–water partition coefficient (Wildman–Crippen LogP) is 3.14. The Kier molecular flexibility index (Phi) is 5.58. The smallest absolute Gasteiger partial charge is 0.271 e. The van der Waals surface area contributed by atoms with Crippen LogP contribution in [0.5, 0.6) is 11.5 Å². The van der Waals surface area contributed by atoms with Crippen molar-refractivity contribution in [3.8, 4) is 22.1 Å². The van der Waals surface area contributed by atoms with Crippen molar-refractivity contribution in [3.05, 3.63) is 53.0 Å². The van der Waals surface area contributed by atoms with Gasteiger partial charge in [0.25, 0.3) is 5.91 Å². The van der Waals surface area contributed by atoms with Crippen LogP contribution in [-0.2, 0) is 13.5 Å². The molecule has 2 heterocycles. The van der Waals surface area contributed by atoms with E-state index >= 15 is 0 Å². The summed E-state index contributed by atoms with van der Waals surface area (Å²) in [6.07, 6.45) is 0.691. The summed E-state index contributed by atoms with van der Waals surface area (Å²) in [6, 6.07) is 11.6. The van der Waals surface area contributed by atoms with Crippen LogP contribution in [0.4, 0.5) is 0 Å². The van der Waals surface area contributed by atoms with Crippen LogP contribution in [0.3, 0.4) is 0 Å². The first-order valence-corrected chi connectivity index (χ1v) is 9.07. The fourth-order valence-corrected chi connectivity index (χ4v) is 3.45. The molecular formula is C19H21N3O3S. The van der Waals surface area contributed by atoms with Crippen molar-refractivity contribution in [2.45, 2.75) is 6.42 Å². The molecule has 136 valence electrons. The number of nitrogens with one attached hydrogen (secondary N) is 1. The van der Waals surface area contributed by atoms with Gasteiger partial charge in [0, 0.05) is 13.6 Å². The van der Waals surface area contributed by atoms with Gasteiger partial charge in [0.1, 0.15) is 0 Å². The molecule has 0 bridgehead atoms. The summed E-state index contributed by atoms with van der Waals surface area (Å²) in [5, 5.41) is 9.24. The number of carbonyl (C=O) groups excluding carboxylic acids is 1. The number of ether oxygens (including phenoxy) is 2. The van der Waals surface area contributed by atoms with Crippen LogP contribution in [0, 0.1) is 0 Å². The maximum atomic E-state index is 12.4. The van der Waals surface area contributed by atoms with E-state index in [-0.39, 0.29) is 5.91 Å². The molecule has 6 nitrogen and oxygen atoms in total. The normalized spacial score (nSPS) is 10.6. The van der Waals surface area contributed by atoms with Crippen LogP contribution >= 0.6 is 11.3 Å². The number of aryl methyl sites for hydroxylation is 1. The van der Waals surface area contributed by atoms with Gasteiger partial charge in [-0.25, -0.2) is 0 Å². The largest absolute Gasteiger partial charge is 0.493 e. The molecule has 2 aromatic heterocycles. The molecule has 0 saturated heterocycles. The highest BCUT2D eigenvalue weighted by Gasteiger charge is 2.14. The Balaban J connectivity index is 1.60. The molecule has 0 unspecified atom stereocenters. The average molecular weight is 371 g/mol. The third-order valence-corrected chi connectivity index (χ3v) is 4.93. The van der Waals surface area contributed by atoms with Crippen LogP contribution in [0.2, 0.25) is 0 Å². The van der Waals surface area contributed by atoms with Gasteiger partial charge in [-0.2, -0.15) is 5.10 Å². The number of nitrogens with zero attached hydrogens (tertiary/aromatic N) is 2. The first kappa shape index (κ1) is 18.0. The second-order valence-corrected chi connectivity index (χ2v) is 6.66. The van der Waals surface area contributed by atoms with Gasteiger partial charge in [0.05, 0.1) is 24.8 Å². The van der Waals surface area contributed by atoms with Crippen molar-refractivity contribution < 1.29 is 14.3 Å². The van der Waals surface area contributed by atoms with E-state index in [0.29, 0.717) is 30.2 Å². The molecule has 0 saturated carbocycles. The van der Waals surface area contributed by atoms with Gasteiger partial charge in [0.15, 0.2) is 17.2 Å². The van der Waals surface area contributed by atoms with E-state index in [2.05, 4.69) is 10.4 Å². The Morgan fingerprint density at radius 3 is 2.69 bits per heavy atom. The van der Waals surface area contributed by atoms with Gasteiger partial charge < -0.3 is 14.8 Å². The van der Waals surface area contributed by atoms with E-state index in [9.17, 15) is 4.79 Å². The van der Waals surface area contributed by atoms with Gasteiger partial charge in [-0.3, -0.25) is 9.48 Å². The SMILES string of the molecule is COc1ccc(CCNC(=O)c2cc(-c3cccs3)n(C)n2)cc1OC. The summed E-state index contributed by atoms with van der Waals surface area (Å²) in [7, 11) is 5.06. The molecule has 0 fully saturated rings. The number of hydrogen-bond donors (Lipinski definition) is 1. The van der Waals surface area contributed by atoms with Gasteiger partial charge in [0.2, 0.25) is 0 Å². The zero-order valence-electron chi connectivity index (χ0n) is 15.0. The van der Waals surface area contributed by atoms with Gasteiger partial charge in [-0.1, -0.05) is 12.1 Å². The predicted molar refractivity (Wildman–Crippen MR) is 102 cm³/mol. The van der Waals surface area contributed by atoms with Gasteiger partial charge >= 0.3 is 0 Å². The molecule has 0 aliphatic carbocycles. The number of rotatable bonds is 7. The van der Waals surface area contributed by atoms with E-state index in [4.69, 9.17) is 9.47 Å². The second-order valence-electron chi connectivity index (χ2n) is 5.71. The fourth-order valence-electron chi connectivity index (χ4n) is 2.68. The Morgan fingerprint density at radius 2 is 2.00 bits per heavy atom. The molecule has 3 aromatic rings. The van der Waals surface area contributed by atoms with Crippen LogP contribution in [-0.4, -0.2) is 36.5 Å². The molecule has 0 radical (unpaired) electrons. The van der Waals surface area contributed by atoms with Crippen LogP contribution in [0.25, 0.3) is 10.6 Å². The lowest BCUT2D eigenvalue weighted by Gasteiger charge is -2.09. The molecule has 1 N–H and O–H groups in total. The minimum Gasteiger partial charge on any atom is -0.493 e. The summed E-state index contributed by atoms with van der Waals surface area (Å²) in [4.78, 5) is 13.5. The van der Waals surface area contributed by atoms with Crippen molar-refractivity contribution >= 4 is 17.2 Å². The third kappa shape index (κ3) is 3.88. The fraction of sp³-hybridized carbons (Fsp3) is 0.263. The van der Waals surface area contributed by atoms with Gasteiger partial charge in [-0.15, -0.1) is 11.3 Å².